The molecule has 1 aliphatic rings. The summed E-state index contributed by atoms with van der Waals surface area (Å²) in [6.45, 7) is 1.01. The van der Waals surface area contributed by atoms with E-state index in [9.17, 15) is 0 Å². The summed E-state index contributed by atoms with van der Waals surface area (Å²) in [7, 11) is 0. The van der Waals surface area contributed by atoms with E-state index in [1.807, 2.05) is 24.4 Å². The molecule has 0 N–H and O–H groups in total. The number of aryl methyl sites for hydroxylation is 1. The highest BCUT2D eigenvalue weighted by atomic mass is 15.3. The molecule has 5 rings (SSSR count). The van der Waals surface area contributed by atoms with E-state index in [-0.39, 0.29) is 0 Å². The van der Waals surface area contributed by atoms with E-state index in [0.717, 1.165) is 41.4 Å². The number of hydrogen-bond donors (Lipinski definition) is 0. The molecule has 0 bridgehead atoms. The topological polar surface area (TPSA) is 43.1 Å². The van der Waals surface area contributed by atoms with Crippen molar-refractivity contribution < 1.29 is 0 Å². The Hall–Kier alpha value is -3.53. The van der Waals surface area contributed by atoms with Crippen LogP contribution in [0.15, 0.2) is 83.9 Å². The van der Waals surface area contributed by atoms with Crippen LogP contribution < -0.4 is 0 Å². The third-order valence-corrected chi connectivity index (χ3v) is 5.62. The molecule has 2 heterocycles. The van der Waals surface area contributed by atoms with Crippen LogP contribution in [0.2, 0.25) is 0 Å². The van der Waals surface area contributed by atoms with Gasteiger partial charge in [0.2, 0.25) is 0 Å². The van der Waals surface area contributed by atoms with Gasteiger partial charge in [-0.25, -0.2) is 0 Å². The zero-order valence-electron chi connectivity index (χ0n) is 16.9. The van der Waals surface area contributed by atoms with Gasteiger partial charge in [-0.05, 0) is 53.8 Å². The summed E-state index contributed by atoms with van der Waals surface area (Å²) in [6, 6.07) is 27.2. The van der Waals surface area contributed by atoms with Gasteiger partial charge in [-0.3, -0.25) is 4.99 Å². The SMILES string of the molecule is C(=Nc1ccc(-c2nnc3n2CCCCC3)cc1)c1ccc(-c2ccccc2)cc1. The molecule has 148 valence electrons. The lowest BCUT2D eigenvalue weighted by Gasteiger charge is -2.07. The second kappa shape index (κ2) is 8.46. The smallest absolute Gasteiger partial charge is 0.163 e. The number of nitrogens with zero attached hydrogens (tertiary/aromatic N) is 4. The van der Waals surface area contributed by atoms with Crippen molar-refractivity contribution in [3.8, 4) is 22.5 Å². The van der Waals surface area contributed by atoms with Crippen LogP contribution in [0.4, 0.5) is 5.69 Å². The van der Waals surface area contributed by atoms with Crippen molar-refractivity contribution in [2.24, 2.45) is 4.99 Å². The predicted molar refractivity (Wildman–Crippen MR) is 122 cm³/mol. The lowest BCUT2D eigenvalue weighted by atomic mass is 10.0. The summed E-state index contributed by atoms with van der Waals surface area (Å²) in [6.07, 6.45) is 6.61. The van der Waals surface area contributed by atoms with E-state index >= 15 is 0 Å². The molecule has 4 heteroatoms. The molecule has 0 spiro atoms. The predicted octanol–water partition coefficient (Wildman–Crippen LogP) is 6.09. The number of aromatic nitrogens is 3. The summed E-state index contributed by atoms with van der Waals surface area (Å²) in [4.78, 5) is 4.64. The summed E-state index contributed by atoms with van der Waals surface area (Å²) < 4.78 is 2.28. The van der Waals surface area contributed by atoms with Crippen molar-refractivity contribution in [3.63, 3.8) is 0 Å². The summed E-state index contributed by atoms with van der Waals surface area (Å²) >= 11 is 0. The third-order valence-electron chi connectivity index (χ3n) is 5.62. The largest absolute Gasteiger partial charge is 0.311 e. The molecule has 1 aromatic heterocycles. The zero-order valence-corrected chi connectivity index (χ0v) is 16.9. The van der Waals surface area contributed by atoms with Gasteiger partial charge in [0.15, 0.2) is 5.82 Å². The fourth-order valence-corrected chi connectivity index (χ4v) is 3.94. The number of hydrogen-bond acceptors (Lipinski definition) is 3. The molecular weight excluding hydrogens is 368 g/mol. The maximum Gasteiger partial charge on any atom is 0.163 e. The van der Waals surface area contributed by atoms with Gasteiger partial charge in [0.1, 0.15) is 5.82 Å². The molecule has 0 radical (unpaired) electrons. The van der Waals surface area contributed by atoms with Gasteiger partial charge in [-0.15, -0.1) is 10.2 Å². The second-order valence-corrected chi connectivity index (χ2v) is 7.70. The van der Waals surface area contributed by atoms with Crippen LogP contribution in [0.1, 0.15) is 30.7 Å². The molecule has 1 aliphatic heterocycles. The Balaban J connectivity index is 1.31. The Kier molecular flexibility index (Phi) is 5.21. The Morgan fingerprint density at radius 3 is 2.23 bits per heavy atom. The number of fused-ring (bicyclic) bond motifs is 1. The number of aliphatic imine (C=N–C) groups is 1. The monoisotopic (exact) mass is 392 g/mol. The molecule has 0 fully saturated rings. The van der Waals surface area contributed by atoms with E-state index in [2.05, 4.69) is 80.4 Å². The minimum atomic E-state index is 0.932. The highest BCUT2D eigenvalue weighted by molar-refractivity contribution is 5.83. The molecule has 0 amide bonds. The van der Waals surface area contributed by atoms with Crippen molar-refractivity contribution >= 4 is 11.9 Å². The molecule has 30 heavy (non-hydrogen) atoms. The first-order valence-corrected chi connectivity index (χ1v) is 10.6. The quantitative estimate of drug-likeness (QED) is 0.395. The normalized spacial score (nSPS) is 13.9. The van der Waals surface area contributed by atoms with Gasteiger partial charge in [-0.1, -0.05) is 61.0 Å². The third kappa shape index (κ3) is 3.94. The number of rotatable bonds is 4. The lowest BCUT2D eigenvalue weighted by Crippen LogP contribution is -2.02. The first kappa shape index (κ1) is 18.5. The summed E-state index contributed by atoms with van der Waals surface area (Å²) in [5.41, 5.74) is 5.55. The van der Waals surface area contributed by atoms with E-state index in [4.69, 9.17) is 0 Å². The van der Waals surface area contributed by atoms with Gasteiger partial charge in [0, 0.05) is 24.7 Å². The molecule has 0 unspecified atom stereocenters. The van der Waals surface area contributed by atoms with Crippen molar-refractivity contribution in [2.45, 2.75) is 32.2 Å². The fraction of sp³-hybridized carbons (Fsp3) is 0.192. The van der Waals surface area contributed by atoms with Crippen molar-refractivity contribution in [1.29, 1.82) is 0 Å². The van der Waals surface area contributed by atoms with Gasteiger partial charge in [0.05, 0.1) is 5.69 Å². The van der Waals surface area contributed by atoms with Crippen molar-refractivity contribution in [1.82, 2.24) is 14.8 Å². The number of benzene rings is 3. The first-order chi connectivity index (χ1) is 14.9. The highest BCUT2D eigenvalue weighted by Gasteiger charge is 2.15. The Bertz CT molecular complexity index is 1140. The van der Waals surface area contributed by atoms with Crippen molar-refractivity contribution in [2.75, 3.05) is 0 Å². The minimum Gasteiger partial charge on any atom is -0.311 e. The van der Waals surface area contributed by atoms with Gasteiger partial charge >= 0.3 is 0 Å². The lowest BCUT2D eigenvalue weighted by molar-refractivity contribution is 0.636. The van der Waals surface area contributed by atoms with Crippen LogP contribution in [-0.4, -0.2) is 21.0 Å². The molecule has 0 saturated carbocycles. The zero-order chi connectivity index (χ0) is 20.2. The van der Waals surface area contributed by atoms with E-state index in [0.29, 0.717) is 0 Å². The second-order valence-electron chi connectivity index (χ2n) is 7.70. The Morgan fingerprint density at radius 2 is 1.43 bits per heavy atom. The van der Waals surface area contributed by atoms with Crippen LogP contribution in [0.3, 0.4) is 0 Å². The Morgan fingerprint density at radius 1 is 0.700 bits per heavy atom. The maximum absolute atomic E-state index is 4.64. The standard InChI is InChI=1S/C26H24N4/c1-3-7-21(8-4-1)22-12-10-20(11-13-22)19-27-24-16-14-23(15-17-24)26-29-28-25-9-5-2-6-18-30(25)26/h1,3-4,7-8,10-17,19H,2,5-6,9,18H2. The van der Waals surface area contributed by atoms with Gasteiger partial charge in [0.25, 0.3) is 0 Å². The molecule has 4 nitrogen and oxygen atoms in total. The maximum atomic E-state index is 4.64. The Labute approximate surface area is 177 Å². The van der Waals surface area contributed by atoms with E-state index in [1.165, 1.54) is 30.4 Å². The van der Waals surface area contributed by atoms with Crippen LogP contribution in [-0.2, 0) is 13.0 Å². The fourth-order valence-electron chi connectivity index (χ4n) is 3.94. The molecule has 0 atom stereocenters. The first-order valence-electron chi connectivity index (χ1n) is 10.6. The summed E-state index contributed by atoms with van der Waals surface area (Å²) in [5.74, 6) is 2.09. The average Bonchev–Trinajstić information content (AvgIpc) is 3.07. The van der Waals surface area contributed by atoms with Crippen LogP contribution in [0.25, 0.3) is 22.5 Å². The highest BCUT2D eigenvalue weighted by Crippen LogP contribution is 2.25. The average molecular weight is 393 g/mol. The van der Waals surface area contributed by atoms with Gasteiger partial charge < -0.3 is 4.57 Å². The molecule has 0 saturated heterocycles. The molecular formula is C26H24N4. The van der Waals surface area contributed by atoms with Crippen LogP contribution in [0.5, 0.6) is 0 Å². The van der Waals surface area contributed by atoms with E-state index < -0.39 is 0 Å². The molecule has 4 aromatic rings. The van der Waals surface area contributed by atoms with Gasteiger partial charge in [-0.2, -0.15) is 0 Å². The van der Waals surface area contributed by atoms with Crippen LogP contribution >= 0.6 is 0 Å². The van der Waals surface area contributed by atoms with E-state index in [1.54, 1.807) is 0 Å². The molecule has 3 aromatic carbocycles. The minimum absolute atomic E-state index is 0.932. The van der Waals surface area contributed by atoms with Crippen LogP contribution in [0, 0.1) is 0 Å². The van der Waals surface area contributed by atoms with Crippen molar-refractivity contribution in [3.05, 3.63) is 90.3 Å². The molecule has 0 aliphatic carbocycles. The summed E-state index contributed by atoms with van der Waals surface area (Å²) in [5, 5.41) is 8.84.